The molecular formula is C24H22N2O4. The number of ether oxygens (including phenoxy) is 1. The van der Waals surface area contributed by atoms with Crippen LogP contribution in [0.2, 0.25) is 0 Å². The van der Waals surface area contributed by atoms with E-state index in [9.17, 15) is 4.79 Å². The second-order valence-corrected chi connectivity index (χ2v) is 7.45. The van der Waals surface area contributed by atoms with E-state index in [1.54, 1.807) is 12.1 Å². The predicted molar refractivity (Wildman–Crippen MR) is 111 cm³/mol. The Hall–Kier alpha value is -3.54. The molecule has 5 rings (SSSR count). The first-order chi connectivity index (χ1) is 14.8. The lowest BCUT2D eigenvalue weighted by molar-refractivity contribution is 0.0670. The number of piperidine rings is 1. The molecule has 1 amide bonds. The molecule has 2 aromatic heterocycles. The van der Waals surface area contributed by atoms with E-state index in [0.717, 1.165) is 35.6 Å². The fraction of sp³-hybridized carbons (Fsp3) is 0.250. The van der Waals surface area contributed by atoms with Crippen molar-refractivity contribution in [2.75, 3.05) is 13.1 Å². The van der Waals surface area contributed by atoms with Gasteiger partial charge in [0, 0.05) is 19.0 Å². The molecule has 0 unspecified atom stereocenters. The number of oxazole rings is 1. The Kier molecular flexibility index (Phi) is 4.97. The van der Waals surface area contributed by atoms with Gasteiger partial charge in [-0.3, -0.25) is 4.79 Å². The predicted octanol–water partition coefficient (Wildman–Crippen LogP) is 5.02. The molecule has 30 heavy (non-hydrogen) atoms. The molecule has 1 aliphatic heterocycles. The van der Waals surface area contributed by atoms with Crippen LogP contribution < -0.4 is 4.74 Å². The van der Waals surface area contributed by atoms with Gasteiger partial charge in [-0.05, 0) is 49.2 Å². The van der Waals surface area contributed by atoms with Gasteiger partial charge in [0.1, 0.15) is 23.6 Å². The SMILES string of the molecule is O=C(c1ccc(COc2ccccc2)o1)N1CCC(c2nc3ccccc3o2)CC1. The molecule has 2 aromatic carbocycles. The highest BCUT2D eigenvalue weighted by Gasteiger charge is 2.28. The monoisotopic (exact) mass is 402 g/mol. The number of aromatic nitrogens is 1. The Morgan fingerprint density at radius 3 is 2.53 bits per heavy atom. The Labute approximate surface area is 174 Å². The minimum absolute atomic E-state index is 0.0861. The van der Waals surface area contributed by atoms with E-state index in [4.69, 9.17) is 13.6 Å². The van der Waals surface area contributed by atoms with Crippen molar-refractivity contribution in [2.24, 2.45) is 0 Å². The zero-order valence-corrected chi connectivity index (χ0v) is 16.5. The topological polar surface area (TPSA) is 68.7 Å². The molecule has 152 valence electrons. The lowest BCUT2D eigenvalue weighted by Crippen LogP contribution is -2.37. The van der Waals surface area contributed by atoms with Gasteiger partial charge in [-0.2, -0.15) is 0 Å². The van der Waals surface area contributed by atoms with E-state index >= 15 is 0 Å². The molecule has 0 radical (unpaired) electrons. The summed E-state index contributed by atoms with van der Waals surface area (Å²) in [4.78, 5) is 19.3. The van der Waals surface area contributed by atoms with Crippen LogP contribution in [0, 0.1) is 0 Å². The summed E-state index contributed by atoms with van der Waals surface area (Å²) in [5.74, 6) is 2.65. The number of benzene rings is 2. The van der Waals surface area contributed by atoms with Crippen molar-refractivity contribution in [3.05, 3.63) is 84.1 Å². The number of para-hydroxylation sites is 3. The summed E-state index contributed by atoms with van der Waals surface area (Å²) < 4.78 is 17.3. The first-order valence-corrected chi connectivity index (χ1v) is 10.2. The molecule has 0 spiro atoms. The van der Waals surface area contributed by atoms with Gasteiger partial charge in [-0.15, -0.1) is 0 Å². The number of carbonyl (C=O) groups excluding carboxylic acids is 1. The number of furan rings is 1. The van der Waals surface area contributed by atoms with Crippen LogP contribution in [0.5, 0.6) is 5.75 Å². The molecule has 1 aliphatic rings. The maximum atomic E-state index is 12.8. The normalized spacial score (nSPS) is 14.9. The highest BCUT2D eigenvalue weighted by molar-refractivity contribution is 5.91. The van der Waals surface area contributed by atoms with Gasteiger partial charge in [-0.25, -0.2) is 4.98 Å². The lowest BCUT2D eigenvalue weighted by atomic mass is 9.96. The maximum absolute atomic E-state index is 12.8. The van der Waals surface area contributed by atoms with E-state index in [1.165, 1.54) is 0 Å². The van der Waals surface area contributed by atoms with Crippen LogP contribution in [0.3, 0.4) is 0 Å². The van der Waals surface area contributed by atoms with Gasteiger partial charge >= 0.3 is 0 Å². The second kappa shape index (κ2) is 8.06. The highest BCUT2D eigenvalue weighted by Crippen LogP contribution is 2.30. The van der Waals surface area contributed by atoms with Gasteiger partial charge in [0.15, 0.2) is 17.2 Å². The number of fused-ring (bicyclic) bond motifs is 1. The number of likely N-dealkylation sites (tertiary alicyclic amines) is 1. The van der Waals surface area contributed by atoms with Crippen molar-refractivity contribution in [2.45, 2.75) is 25.4 Å². The van der Waals surface area contributed by atoms with Crippen LogP contribution in [0.1, 0.15) is 41.0 Å². The summed E-state index contributed by atoms with van der Waals surface area (Å²) >= 11 is 0. The molecule has 1 fully saturated rings. The van der Waals surface area contributed by atoms with Gasteiger partial charge in [0.05, 0.1) is 0 Å². The van der Waals surface area contributed by atoms with E-state index in [1.807, 2.05) is 59.5 Å². The molecular weight excluding hydrogens is 380 g/mol. The number of nitrogens with zero attached hydrogens (tertiary/aromatic N) is 2. The third kappa shape index (κ3) is 3.81. The summed E-state index contributed by atoms with van der Waals surface area (Å²) in [5.41, 5.74) is 1.69. The number of rotatable bonds is 5. The zero-order chi connectivity index (χ0) is 20.3. The fourth-order valence-electron chi connectivity index (χ4n) is 3.79. The zero-order valence-electron chi connectivity index (χ0n) is 16.5. The number of carbonyl (C=O) groups is 1. The average molecular weight is 402 g/mol. The van der Waals surface area contributed by atoms with Crippen LogP contribution in [0.15, 0.2) is 75.6 Å². The Bertz CT molecular complexity index is 1110. The quantitative estimate of drug-likeness (QED) is 0.469. The smallest absolute Gasteiger partial charge is 0.289 e. The molecule has 6 nitrogen and oxygen atoms in total. The van der Waals surface area contributed by atoms with Gasteiger partial charge in [0.2, 0.25) is 0 Å². The number of amides is 1. The average Bonchev–Trinajstić information content (AvgIpc) is 3.45. The molecule has 0 saturated carbocycles. The molecule has 3 heterocycles. The first-order valence-electron chi connectivity index (χ1n) is 10.2. The molecule has 0 bridgehead atoms. The summed E-state index contributed by atoms with van der Waals surface area (Å²) in [6, 6.07) is 20.8. The van der Waals surface area contributed by atoms with Crippen molar-refractivity contribution in [1.29, 1.82) is 0 Å². The van der Waals surface area contributed by atoms with Crippen LogP contribution in [0.4, 0.5) is 0 Å². The Morgan fingerprint density at radius 2 is 1.73 bits per heavy atom. The van der Waals surface area contributed by atoms with Gasteiger partial charge in [-0.1, -0.05) is 30.3 Å². The maximum Gasteiger partial charge on any atom is 0.289 e. The van der Waals surface area contributed by atoms with Crippen molar-refractivity contribution >= 4 is 17.0 Å². The molecule has 0 aliphatic carbocycles. The number of hydrogen-bond donors (Lipinski definition) is 0. The van der Waals surface area contributed by atoms with Crippen LogP contribution in [0.25, 0.3) is 11.1 Å². The minimum Gasteiger partial charge on any atom is -0.486 e. The molecule has 1 saturated heterocycles. The van der Waals surface area contributed by atoms with Crippen molar-refractivity contribution in [3.63, 3.8) is 0 Å². The van der Waals surface area contributed by atoms with E-state index < -0.39 is 0 Å². The van der Waals surface area contributed by atoms with Crippen molar-refractivity contribution in [1.82, 2.24) is 9.88 Å². The van der Waals surface area contributed by atoms with Crippen LogP contribution >= 0.6 is 0 Å². The first kappa shape index (κ1) is 18.5. The fourth-order valence-corrected chi connectivity index (χ4v) is 3.79. The highest BCUT2D eigenvalue weighted by atomic mass is 16.5. The summed E-state index contributed by atoms with van der Waals surface area (Å²) in [5, 5.41) is 0. The molecule has 6 heteroatoms. The minimum atomic E-state index is -0.0861. The molecule has 4 aromatic rings. The van der Waals surface area contributed by atoms with Crippen molar-refractivity contribution < 1.29 is 18.4 Å². The third-order valence-electron chi connectivity index (χ3n) is 5.44. The summed E-state index contributed by atoms with van der Waals surface area (Å²) in [6.45, 7) is 1.59. The standard InChI is InChI=1S/C24H22N2O4/c27-24(22-11-10-19(29-22)16-28-18-6-2-1-3-7-18)26-14-12-17(13-15-26)23-25-20-8-4-5-9-21(20)30-23/h1-11,17H,12-16H2. The summed E-state index contributed by atoms with van der Waals surface area (Å²) in [6.07, 6.45) is 1.65. The van der Waals surface area contributed by atoms with Crippen molar-refractivity contribution in [3.8, 4) is 5.75 Å². The Balaban J connectivity index is 1.18. The van der Waals surface area contributed by atoms with Gasteiger partial charge < -0.3 is 18.5 Å². The third-order valence-corrected chi connectivity index (χ3v) is 5.44. The molecule has 0 N–H and O–H groups in total. The molecule has 0 atom stereocenters. The second-order valence-electron chi connectivity index (χ2n) is 7.45. The van der Waals surface area contributed by atoms with E-state index in [0.29, 0.717) is 24.6 Å². The van der Waals surface area contributed by atoms with Crippen LogP contribution in [-0.4, -0.2) is 28.9 Å². The van der Waals surface area contributed by atoms with Crippen LogP contribution in [-0.2, 0) is 6.61 Å². The largest absolute Gasteiger partial charge is 0.486 e. The lowest BCUT2D eigenvalue weighted by Gasteiger charge is -2.29. The van der Waals surface area contributed by atoms with Gasteiger partial charge in [0.25, 0.3) is 5.91 Å². The number of hydrogen-bond acceptors (Lipinski definition) is 5. The van der Waals surface area contributed by atoms with E-state index in [2.05, 4.69) is 4.98 Å². The Morgan fingerprint density at radius 1 is 0.967 bits per heavy atom. The van der Waals surface area contributed by atoms with E-state index in [-0.39, 0.29) is 18.4 Å². The summed E-state index contributed by atoms with van der Waals surface area (Å²) in [7, 11) is 0.